The van der Waals surface area contributed by atoms with Crippen LogP contribution in [0.25, 0.3) is 0 Å². The number of aromatic nitrogens is 1. The van der Waals surface area contributed by atoms with E-state index in [2.05, 4.69) is 62.2 Å². The quantitative estimate of drug-likeness (QED) is 0.742. The van der Waals surface area contributed by atoms with Gasteiger partial charge in [-0.3, -0.25) is 4.98 Å². The maximum absolute atomic E-state index is 5.27. The third-order valence-corrected chi connectivity index (χ3v) is 4.16. The molecule has 0 aliphatic rings. The second-order valence-corrected chi connectivity index (χ2v) is 5.81. The topological polar surface area (TPSA) is 22.1 Å². The molecule has 21 heavy (non-hydrogen) atoms. The molecule has 112 valence electrons. The van der Waals surface area contributed by atoms with Gasteiger partial charge in [0.15, 0.2) is 0 Å². The van der Waals surface area contributed by atoms with Gasteiger partial charge in [0.05, 0.1) is 7.11 Å². The summed E-state index contributed by atoms with van der Waals surface area (Å²) >= 11 is 0. The molecular weight excluding hydrogens is 258 g/mol. The van der Waals surface area contributed by atoms with Crippen LogP contribution in [0, 0.1) is 5.92 Å². The van der Waals surface area contributed by atoms with Crippen molar-refractivity contribution in [2.45, 2.75) is 39.0 Å². The normalized spacial score (nSPS) is 14.0. The summed E-state index contributed by atoms with van der Waals surface area (Å²) < 4.78 is 5.27. The van der Waals surface area contributed by atoms with Gasteiger partial charge >= 0.3 is 0 Å². The van der Waals surface area contributed by atoms with E-state index in [4.69, 9.17) is 4.74 Å². The predicted octanol–water partition coefficient (Wildman–Crippen LogP) is 5.02. The average molecular weight is 283 g/mol. The highest BCUT2D eigenvalue weighted by Crippen LogP contribution is 2.40. The molecule has 2 nitrogen and oxygen atoms in total. The number of pyridine rings is 1. The van der Waals surface area contributed by atoms with Crippen molar-refractivity contribution in [1.29, 1.82) is 0 Å². The lowest BCUT2D eigenvalue weighted by Gasteiger charge is -2.30. The van der Waals surface area contributed by atoms with E-state index in [1.54, 1.807) is 7.11 Å². The second-order valence-electron chi connectivity index (χ2n) is 5.81. The van der Waals surface area contributed by atoms with Crippen LogP contribution >= 0.6 is 0 Å². The fourth-order valence-corrected chi connectivity index (χ4v) is 3.15. The van der Waals surface area contributed by atoms with Gasteiger partial charge in [0.1, 0.15) is 5.75 Å². The highest BCUT2D eigenvalue weighted by atomic mass is 16.5. The lowest BCUT2D eigenvalue weighted by atomic mass is 9.75. The van der Waals surface area contributed by atoms with E-state index < -0.39 is 0 Å². The summed E-state index contributed by atoms with van der Waals surface area (Å²) in [5.74, 6) is 2.38. The van der Waals surface area contributed by atoms with Crippen molar-refractivity contribution in [3.05, 3.63) is 59.9 Å². The number of ether oxygens (including phenoxy) is 1. The first-order chi connectivity index (χ1) is 10.2. The SMILES string of the molecule is CC[C@@H](c1ccccn1)[C@H](c1ccc(OC)cc1)C(C)C. The first kappa shape index (κ1) is 15.6. The summed E-state index contributed by atoms with van der Waals surface area (Å²) in [6, 6.07) is 14.7. The first-order valence-electron chi connectivity index (χ1n) is 7.72. The molecule has 0 aliphatic carbocycles. The van der Waals surface area contributed by atoms with Gasteiger partial charge in [0.25, 0.3) is 0 Å². The van der Waals surface area contributed by atoms with Crippen molar-refractivity contribution < 1.29 is 4.74 Å². The summed E-state index contributed by atoms with van der Waals surface area (Å²) in [4.78, 5) is 4.59. The average Bonchev–Trinajstić information content (AvgIpc) is 2.53. The molecule has 0 bridgehead atoms. The smallest absolute Gasteiger partial charge is 0.118 e. The Labute approximate surface area is 128 Å². The molecule has 1 aromatic carbocycles. The monoisotopic (exact) mass is 283 g/mol. The number of rotatable bonds is 6. The van der Waals surface area contributed by atoms with Gasteiger partial charge in [-0.1, -0.05) is 39.0 Å². The van der Waals surface area contributed by atoms with Crippen molar-refractivity contribution in [3.63, 3.8) is 0 Å². The molecule has 1 heterocycles. The lowest BCUT2D eigenvalue weighted by molar-refractivity contribution is 0.400. The maximum Gasteiger partial charge on any atom is 0.118 e. The zero-order valence-corrected chi connectivity index (χ0v) is 13.4. The fraction of sp³-hybridized carbons (Fsp3) is 0.421. The molecule has 2 aromatic rings. The molecular formula is C19H25NO. The largest absolute Gasteiger partial charge is 0.497 e. The van der Waals surface area contributed by atoms with Gasteiger partial charge in [0.2, 0.25) is 0 Å². The molecule has 0 spiro atoms. The third kappa shape index (κ3) is 3.63. The molecule has 2 rings (SSSR count). The van der Waals surface area contributed by atoms with Crippen LogP contribution in [-0.2, 0) is 0 Å². The summed E-state index contributed by atoms with van der Waals surface area (Å²) in [5, 5.41) is 0. The van der Waals surface area contributed by atoms with E-state index in [0.29, 0.717) is 17.8 Å². The zero-order chi connectivity index (χ0) is 15.2. The van der Waals surface area contributed by atoms with Crippen LogP contribution < -0.4 is 4.74 Å². The Bertz CT molecular complexity index is 533. The molecule has 0 saturated carbocycles. The summed E-state index contributed by atoms with van der Waals surface area (Å²) in [7, 11) is 1.71. The van der Waals surface area contributed by atoms with Crippen molar-refractivity contribution in [1.82, 2.24) is 4.98 Å². The van der Waals surface area contributed by atoms with Crippen LogP contribution in [-0.4, -0.2) is 12.1 Å². The van der Waals surface area contributed by atoms with Crippen molar-refractivity contribution in [2.24, 2.45) is 5.92 Å². The molecule has 1 aromatic heterocycles. The highest BCUT2D eigenvalue weighted by Gasteiger charge is 2.27. The Morgan fingerprint density at radius 2 is 1.76 bits per heavy atom. The molecule has 0 fully saturated rings. The number of methoxy groups -OCH3 is 1. The van der Waals surface area contributed by atoms with Crippen LogP contribution in [0.5, 0.6) is 5.75 Å². The van der Waals surface area contributed by atoms with E-state index >= 15 is 0 Å². The molecule has 0 N–H and O–H groups in total. The first-order valence-corrected chi connectivity index (χ1v) is 7.72. The summed E-state index contributed by atoms with van der Waals surface area (Å²) in [5.41, 5.74) is 2.55. The fourth-order valence-electron chi connectivity index (χ4n) is 3.15. The van der Waals surface area contributed by atoms with Crippen LogP contribution in [0.4, 0.5) is 0 Å². The van der Waals surface area contributed by atoms with Crippen LogP contribution in [0.3, 0.4) is 0 Å². The van der Waals surface area contributed by atoms with Crippen molar-refractivity contribution >= 4 is 0 Å². The Hall–Kier alpha value is -1.83. The Kier molecular flexibility index (Phi) is 5.38. The van der Waals surface area contributed by atoms with E-state index in [9.17, 15) is 0 Å². The maximum atomic E-state index is 5.27. The van der Waals surface area contributed by atoms with Crippen LogP contribution in [0.2, 0.25) is 0 Å². The minimum absolute atomic E-state index is 0.444. The minimum Gasteiger partial charge on any atom is -0.497 e. The van der Waals surface area contributed by atoms with Gasteiger partial charge in [0, 0.05) is 17.8 Å². The van der Waals surface area contributed by atoms with E-state index in [0.717, 1.165) is 12.2 Å². The Morgan fingerprint density at radius 1 is 1.05 bits per heavy atom. The molecule has 0 unspecified atom stereocenters. The molecule has 0 radical (unpaired) electrons. The molecule has 2 heteroatoms. The van der Waals surface area contributed by atoms with Gasteiger partial charge in [-0.25, -0.2) is 0 Å². The van der Waals surface area contributed by atoms with E-state index in [1.165, 1.54) is 11.3 Å². The lowest BCUT2D eigenvalue weighted by Crippen LogP contribution is -2.17. The zero-order valence-electron chi connectivity index (χ0n) is 13.4. The third-order valence-electron chi connectivity index (χ3n) is 4.16. The van der Waals surface area contributed by atoms with Gasteiger partial charge in [-0.15, -0.1) is 0 Å². The van der Waals surface area contributed by atoms with E-state index in [1.807, 2.05) is 12.3 Å². The number of hydrogen-bond donors (Lipinski definition) is 0. The summed E-state index contributed by atoms with van der Waals surface area (Å²) in [6.45, 7) is 6.83. The highest BCUT2D eigenvalue weighted by molar-refractivity contribution is 5.32. The van der Waals surface area contributed by atoms with Crippen LogP contribution in [0.15, 0.2) is 48.7 Å². The molecule has 0 aliphatic heterocycles. The number of nitrogens with zero attached hydrogens (tertiary/aromatic N) is 1. The second kappa shape index (κ2) is 7.26. The standard InChI is InChI=1S/C19H25NO/c1-5-17(18-8-6-7-13-20-18)19(14(2)3)15-9-11-16(21-4)12-10-15/h6-14,17,19H,5H2,1-4H3/t17-,19-/m0/s1. The van der Waals surface area contributed by atoms with E-state index in [-0.39, 0.29) is 0 Å². The van der Waals surface area contributed by atoms with Crippen molar-refractivity contribution in [3.8, 4) is 5.75 Å². The van der Waals surface area contributed by atoms with Crippen molar-refractivity contribution in [2.75, 3.05) is 7.11 Å². The Balaban J connectivity index is 2.36. The van der Waals surface area contributed by atoms with Gasteiger partial charge < -0.3 is 4.74 Å². The minimum atomic E-state index is 0.444. The summed E-state index contributed by atoms with van der Waals surface area (Å²) in [6.07, 6.45) is 2.98. The number of benzene rings is 1. The predicted molar refractivity (Wildman–Crippen MR) is 87.8 cm³/mol. The van der Waals surface area contributed by atoms with Gasteiger partial charge in [-0.2, -0.15) is 0 Å². The Morgan fingerprint density at radius 3 is 2.24 bits per heavy atom. The molecule has 2 atom stereocenters. The molecule has 0 saturated heterocycles. The van der Waals surface area contributed by atoms with Gasteiger partial charge in [-0.05, 0) is 48.1 Å². The molecule has 0 amide bonds. The number of hydrogen-bond acceptors (Lipinski definition) is 2. The van der Waals surface area contributed by atoms with Crippen LogP contribution in [0.1, 0.15) is 50.3 Å².